The van der Waals surface area contributed by atoms with Gasteiger partial charge in [0.05, 0.1) is 6.33 Å². The van der Waals surface area contributed by atoms with Crippen molar-refractivity contribution in [2.24, 2.45) is 5.92 Å². The molecule has 1 fully saturated rings. The Balaban J connectivity index is 2.01. The molecule has 1 unspecified atom stereocenters. The number of nitrogens with one attached hydrogen (secondary N) is 2. The highest BCUT2D eigenvalue weighted by molar-refractivity contribution is 5.38. The molecule has 19 heavy (non-hydrogen) atoms. The van der Waals surface area contributed by atoms with E-state index in [2.05, 4.69) is 34.0 Å². The summed E-state index contributed by atoms with van der Waals surface area (Å²) in [4.78, 5) is 20.5. The number of piperidine rings is 1. The zero-order chi connectivity index (χ0) is 13.7. The number of H-pyrrole nitrogens is 1. The SMILES string of the molecule is CC(C)CNCC1CCCCN1c1cc(=O)[nH]cn1. The molecule has 1 aliphatic heterocycles. The van der Waals surface area contributed by atoms with Gasteiger partial charge in [0.1, 0.15) is 5.82 Å². The van der Waals surface area contributed by atoms with E-state index in [-0.39, 0.29) is 5.56 Å². The Morgan fingerprint density at radius 3 is 3.11 bits per heavy atom. The van der Waals surface area contributed by atoms with Gasteiger partial charge in [0.25, 0.3) is 5.56 Å². The number of aromatic amines is 1. The van der Waals surface area contributed by atoms with Gasteiger partial charge < -0.3 is 15.2 Å². The van der Waals surface area contributed by atoms with Gasteiger partial charge in [0, 0.05) is 25.2 Å². The Morgan fingerprint density at radius 1 is 1.53 bits per heavy atom. The van der Waals surface area contributed by atoms with Crippen molar-refractivity contribution in [3.05, 3.63) is 22.7 Å². The molecule has 0 aliphatic carbocycles. The molecule has 0 spiro atoms. The maximum atomic E-state index is 11.4. The summed E-state index contributed by atoms with van der Waals surface area (Å²) in [6, 6.07) is 2.04. The molecule has 5 heteroatoms. The maximum Gasteiger partial charge on any atom is 0.252 e. The van der Waals surface area contributed by atoms with Crippen LogP contribution in [-0.2, 0) is 0 Å². The minimum atomic E-state index is -0.0792. The predicted molar refractivity (Wildman–Crippen MR) is 77.6 cm³/mol. The second-order valence-corrected chi connectivity index (χ2v) is 5.66. The minimum absolute atomic E-state index is 0.0792. The van der Waals surface area contributed by atoms with E-state index in [0.29, 0.717) is 12.0 Å². The lowest BCUT2D eigenvalue weighted by Crippen LogP contribution is -2.46. The number of rotatable bonds is 5. The fraction of sp³-hybridized carbons (Fsp3) is 0.714. The third-order valence-electron chi connectivity index (χ3n) is 3.52. The van der Waals surface area contributed by atoms with E-state index in [1.54, 1.807) is 6.07 Å². The van der Waals surface area contributed by atoms with Gasteiger partial charge >= 0.3 is 0 Å². The molecule has 0 amide bonds. The number of aromatic nitrogens is 2. The van der Waals surface area contributed by atoms with E-state index in [0.717, 1.165) is 25.5 Å². The molecule has 2 rings (SSSR count). The smallest absolute Gasteiger partial charge is 0.252 e. The molecule has 0 saturated carbocycles. The first kappa shape index (κ1) is 14.1. The van der Waals surface area contributed by atoms with Crippen molar-refractivity contribution in [1.29, 1.82) is 0 Å². The first-order valence-electron chi connectivity index (χ1n) is 7.19. The van der Waals surface area contributed by atoms with Gasteiger partial charge in [-0.2, -0.15) is 0 Å². The van der Waals surface area contributed by atoms with Gasteiger partial charge in [-0.15, -0.1) is 0 Å². The maximum absolute atomic E-state index is 11.4. The second kappa shape index (κ2) is 6.70. The Labute approximate surface area is 114 Å². The Bertz CT molecular complexity index is 443. The first-order chi connectivity index (χ1) is 9.16. The van der Waals surface area contributed by atoms with Crippen LogP contribution < -0.4 is 15.8 Å². The molecular formula is C14H24N4O. The van der Waals surface area contributed by atoms with Crippen molar-refractivity contribution in [3.63, 3.8) is 0 Å². The van der Waals surface area contributed by atoms with Crippen molar-refractivity contribution in [3.8, 4) is 0 Å². The first-order valence-corrected chi connectivity index (χ1v) is 7.19. The summed E-state index contributed by atoms with van der Waals surface area (Å²) in [5, 5.41) is 3.51. The normalized spacial score (nSPS) is 19.9. The average molecular weight is 264 g/mol. The number of hydrogen-bond donors (Lipinski definition) is 2. The van der Waals surface area contributed by atoms with Gasteiger partial charge in [0.2, 0.25) is 0 Å². The van der Waals surface area contributed by atoms with E-state index in [1.165, 1.54) is 25.6 Å². The fourth-order valence-electron chi connectivity index (χ4n) is 2.57. The van der Waals surface area contributed by atoms with Crippen molar-refractivity contribution < 1.29 is 0 Å². The zero-order valence-corrected chi connectivity index (χ0v) is 11.9. The van der Waals surface area contributed by atoms with Crippen molar-refractivity contribution in [1.82, 2.24) is 15.3 Å². The zero-order valence-electron chi connectivity index (χ0n) is 11.9. The van der Waals surface area contributed by atoms with E-state index in [9.17, 15) is 4.79 Å². The highest BCUT2D eigenvalue weighted by Gasteiger charge is 2.23. The predicted octanol–water partition coefficient (Wildman–Crippen LogP) is 1.37. The van der Waals surface area contributed by atoms with Gasteiger partial charge in [-0.25, -0.2) is 4.98 Å². The van der Waals surface area contributed by atoms with Gasteiger partial charge in [-0.3, -0.25) is 4.79 Å². The van der Waals surface area contributed by atoms with Gasteiger partial charge in [-0.05, 0) is 31.7 Å². The molecule has 0 aromatic carbocycles. The molecule has 1 atom stereocenters. The van der Waals surface area contributed by atoms with E-state index >= 15 is 0 Å². The largest absolute Gasteiger partial charge is 0.352 e. The highest BCUT2D eigenvalue weighted by Crippen LogP contribution is 2.21. The topological polar surface area (TPSA) is 61.0 Å². The molecule has 0 bridgehead atoms. The summed E-state index contributed by atoms with van der Waals surface area (Å²) in [6.07, 6.45) is 5.09. The summed E-state index contributed by atoms with van der Waals surface area (Å²) >= 11 is 0. The van der Waals surface area contributed by atoms with Gasteiger partial charge in [-0.1, -0.05) is 13.8 Å². The van der Waals surface area contributed by atoms with Crippen molar-refractivity contribution in [2.45, 2.75) is 39.2 Å². The lowest BCUT2D eigenvalue weighted by atomic mass is 10.0. The average Bonchev–Trinajstić information content (AvgIpc) is 2.39. The van der Waals surface area contributed by atoms with Crippen LogP contribution in [0, 0.1) is 5.92 Å². The summed E-state index contributed by atoms with van der Waals surface area (Å²) in [6.45, 7) is 7.41. The van der Waals surface area contributed by atoms with Crippen LogP contribution in [-0.4, -0.2) is 35.6 Å². The summed E-state index contributed by atoms with van der Waals surface area (Å²) in [5.74, 6) is 1.47. The van der Waals surface area contributed by atoms with Crippen LogP contribution >= 0.6 is 0 Å². The Kier molecular flexibility index (Phi) is 4.96. The molecule has 1 aromatic rings. The van der Waals surface area contributed by atoms with Crippen LogP contribution in [0.25, 0.3) is 0 Å². The number of hydrogen-bond acceptors (Lipinski definition) is 4. The number of anilines is 1. The fourth-order valence-corrected chi connectivity index (χ4v) is 2.57. The Morgan fingerprint density at radius 2 is 2.37 bits per heavy atom. The summed E-state index contributed by atoms with van der Waals surface area (Å²) in [5.41, 5.74) is -0.0792. The molecule has 106 valence electrons. The monoisotopic (exact) mass is 264 g/mol. The minimum Gasteiger partial charge on any atom is -0.352 e. The van der Waals surface area contributed by atoms with Crippen molar-refractivity contribution >= 4 is 5.82 Å². The van der Waals surface area contributed by atoms with E-state index < -0.39 is 0 Å². The number of nitrogens with zero attached hydrogens (tertiary/aromatic N) is 2. The highest BCUT2D eigenvalue weighted by atomic mass is 16.1. The van der Waals surface area contributed by atoms with Gasteiger partial charge in [0.15, 0.2) is 0 Å². The molecule has 0 radical (unpaired) electrons. The molecule has 1 saturated heterocycles. The Hall–Kier alpha value is -1.36. The van der Waals surface area contributed by atoms with Crippen LogP contribution in [0.1, 0.15) is 33.1 Å². The lowest BCUT2D eigenvalue weighted by molar-refractivity contribution is 0.420. The molecule has 2 heterocycles. The quantitative estimate of drug-likeness (QED) is 0.843. The molecule has 1 aliphatic rings. The molecular weight excluding hydrogens is 240 g/mol. The van der Waals surface area contributed by atoms with Crippen molar-refractivity contribution in [2.75, 3.05) is 24.5 Å². The van der Waals surface area contributed by atoms with Crippen LogP contribution in [0.2, 0.25) is 0 Å². The lowest BCUT2D eigenvalue weighted by Gasteiger charge is -2.36. The van der Waals surface area contributed by atoms with Crippen LogP contribution in [0.4, 0.5) is 5.82 Å². The summed E-state index contributed by atoms with van der Waals surface area (Å²) < 4.78 is 0. The standard InChI is InChI=1S/C14H24N4O/c1-11(2)8-15-9-12-5-3-4-6-18(12)13-7-14(19)17-10-16-13/h7,10-12,15H,3-6,8-9H2,1-2H3,(H,16,17,19). The van der Waals surface area contributed by atoms with E-state index in [4.69, 9.17) is 0 Å². The third-order valence-corrected chi connectivity index (χ3v) is 3.52. The molecule has 2 N–H and O–H groups in total. The molecule has 5 nitrogen and oxygen atoms in total. The summed E-state index contributed by atoms with van der Waals surface area (Å²) in [7, 11) is 0. The van der Waals surface area contributed by atoms with Crippen LogP contribution in [0.15, 0.2) is 17.2 Å². The molecule has 1 aromatic heterocycles. The van der Waals surface area contributed by atoms with Crippen LogP contribution in [0.5, 0.6) is 0 Å². The van der Waals surface area contributed by atoms with Crippen LogP contribution in [0.3, 0.4) is 0 Å². The van der Waals surface area contributed by atoms with E-state index in [1.807, 2.05) is 0 Å². The third kappa shape index (κ3) is 4.06. The second-order valence-electron chi connectivity index (χ2n) is 5.66.